The van der Waals surface area contributed by atoms with Crippen molar-refractivity contribution in [3.8, 4) is 5.88 Å². The summed E-state index contributed by atoms with van der Waals surface area (Å²) < 4.78 is 20.9. The zero-order chi connectivity index (χ0) is 18.5. The van der Waals surface area contributed by atoms with Crippen molar-refractivity contribution in [2.75, 3.05) is 18.5 Å². The first-order valence-electron chi connectivity index (χ1n) is 8.49. The molecular formula is C16H21ClFN5O3. The zero-order valence-electron chi connectivity index (χ0n) is 14.1. The molecular weight excluding hydrogens is 365 g/mol. The predicted octanol–water partition coefficient (Wildman–Crippen LogP) is 2.13. The van der Waals surface area contributed by atoms with Crippen molar-refractivity contribution in [1.29, 1.82) is 0 Å². The first kappa shape index (κ1) is 18.8. The van der Waals surface area contributed by atoms with Gasteiger partial charge in [-0.15, -0.1) is 0 Å². The van der Waals surface area contributed by atoms with Crippen molar-refractivity contribution in [2.24, 2.45) is 5.92 Å². The third-order valence-corrected chi connectivity index (χ3v) is 4.72. The quantitative estimate of drug-likeness (QED) is 0.670. The molecule has 142 valence electrons. The number of hydrogen-bond donors (Lipinski definition) is 3. The molecule has 10 heteroatoms. The molecule has 1 aliphatic carbocycles. The number of halogens is 2. The Morgan fingerprint density at radius 1 is 1.31 bits per heavy atom. The van der Waals surface area contributed by atoms with Gasteiger partial charge in [-0.1, -0.05) is 11.6 Å². The van der Waals surface area contributed by atoms with Gasteiger partial charge in [0, 0.05) is 0 Å². The Balaban J connectivity index is 1.64. The fourth-order valence-electron chi connectivity index (χ4n) is 2.85. The molecule has 1 fully saturated rings. The molecule has 0 spiro atoms. The number of aliphatic hydroxyl groups is 2. The van der Waals surface area contributed by atoms with E-state index in [-0.39, 0.29) is 42.2 Å². The van der Waals surface area contributed by atoms with Gasteiger partial charge in [-0.05, 0) is 31.6 Å². The summed E-state index contributed by atoms with van der Waals surface area (Å²) in [6.45, 7) is 0.509. The van der Waals surface area contributed by atoms with E-state index in [2.05, 4.69) is 20.4 Å². The molecule has 2 aromatic heterocycles. The SMILES string of the molecule is OCCn1ncc(Nc2ncc(F)c(OCC3CCC(O)CC3)n2)c1Cl. The first-order chi connectivity index (χ1) is 12.6. The van der Waals surface area contributed by atoms with E-state index >= 15 is 0 Å². The van der Waals surface area contributed by atoms with Crippen LogP contribution in [0.5, 0.6) is 5.88 Å². The Labute approximate surface area is 155 Å². The molecule has 2 heterocycles. The number of nitrogens with one attached hydrogen (secondary N) is 1. The van der Waals surface area contributed by atoms with Gasteiger partial charge in [0.25, 0.3) is 5.88 Å². The van der Waals surface area contributed by atoms with Crippen LogP contribution in [0.15, 0.2) is 12.4 Å². The monoisotopic (exact) mass is 385 g/mol. The zero-order valence-corrected chi connectivity index (χ0v) is 14.9. The minimum atomic E-state index is -0.645. The lowest BCUT2D eigenvalue weighted by atomic mass is 9.88. The van der Waals surface area contributed by atoms with Gasteiger partial charge in [0.1, 0.15) is 0 Å². The molecule has 26 heavy (non-hydrogen) atoms. The summed E-state index contributed by atoms with van der Waals surface area (Å²) in [5.74, 6) is -0.373. The van der Waals surface area contributed by atoms with Gasteiger partial charge in [0.15, 0.2) is 5.15 Å². The Hall–Kier alpha value is -1.97. The van der Waals surface area contributed by atoms with Gasteiger partial charge in [-0.2, -0.15) is 14.5 Å². The van der Waals surface area contributed by atoms with E-state index in [0.29, 0.717) is 12.3 Å². The summed E-state index contributed by atoms with van der Waals surface area (Å²) in [4.78, 5) is 7.93. The summed E-state index contributed by atoms with van der Waals surface area (Å²) in [6, 6.07) is 0. The number of anilines is 2. The highest BCUT2D eigenvalue weighted by molar-refractivity contribution is 6.32. The highest BCUT2D eigenvalue weighted by atomic mass is 35.5. The van der Waals surface area contributed by atoms with Crippen LogP contribution in [0.3, 0.4) is 0 Å². The standard InChI is InChI=1S/C16H21ClFN5O3/c17-14-13(8-20-23(14)5-6-24)21-16-19-7-12(18)15(22-16)26-9-10-1-3-11(25)4-2-10/h7-8,10-11,24-25H,1-6,9H2,(H,19,21,22). The van der Waals surface area contributed by atoms with Gasteiger partial charge >= 0.3 is 0 Å². The third-order valence-electron chi connectivity index (χ3n) is 4.32. The molecule has 0 aromatic carbocycles. The minimum absolute atomic E-state index is 0.0932. The van der Waals surface area contributed by atoms with Crippen LogP contribution in [0.2, 0.25) is 5.15 Å². The lowest BCUT2D eigenvalue weighted by Gasteiger charge is -2.25. The van der Waals surface area contributed by atoms with Crippen LogP contribution in [-0.2, 0) is 6.54 Å². The molecule has 0 saturated heterocycles. The average Bonchev–Trinajstić information content (AvgIpc) is 2.97. The van der Waals surface area contributed by atoms with Gasteiger partial charge in [-0.25, -0.2) is 9.67 Å². The second kappa shape index (κ2) is 8.61. The molecule has 0 bridgehead atoms. The van der Waals surface area contributed by atoms with Crippen LogP contribution in [0.25, 0.3) is 0 Å². The van der Waals surface area contributed by atoms with Crippen molar-refractivity contribution < 1.29 is 19.3 Å². The molecule has 0 radical (unpaired) electrons. The number of aliphatic hydroxyl groups excluding tert-OH is 2. The minimum Gasteiger partial charge on any atom is -0.475 e. The number of rotatable bonds is 7. The fraction of sp³-hybridized carbons (Fsp3) is 0.562. The van der Waals surface area contributed by atoms with Crippen molar-refractivity contribution in [2.45, 2.75) is 38.3 Å². The van der Waals surface area contributed by atoms with E-state index < -0.39 is 5.82 Å². The van der Waals surface area contributed by atoms with Gasteiger partial charge in [0.2, 0.25) is 11.8 Å². The van der Waals surface area contributed by atoms with Crippen LogP contribution in [0.4, 0.5) is 16.0 Å². The number of ether oxygens (including phenoxy) is 1. The van der Waals surface area contributed by atoms with Crippen LogP contribution < -0.4 is 10.1 Å². The summed E-state index contributed by atoms with van der Waals surface area (Å²) >= 11 is 6.14. The van der Waals surface area contributed by atoms with Crippen molar-refractivity contribution in [3.05, 3.63) is 23.4 Å². The smallest absolute Gasteiger partial charge is 0.255 e. The van der Waals surface area contributed by atoms with E-state index in [1.54, 1.807) is 0 Å². The number of aromatic nitrogens is 4. The van der Waals surface area contributed by atoms with Crippen LogP contribution in [0, 0.1) is 11.7 Å². The normalized spacial score (nSPS) is 20.2. The molecule has 1 saturated carbocycles. The average molecular weight is 386 g/mol. The highest BCUT2D eigenvalue weighted by Crippen LogP contribution is 2.27. The fourth-order valence-corrected chi connectivity index (χ4v) is 3.07. The molecule has 1 aliphatic rings. The summed E-state index contributed by atoms with van der Waals surface area (Å²) in [6.07, 6.45) is 5.43. The molecule has 8 nitrogen and oxygen atoms in total. The largest absolute Gasteiger partial charge is 0.475 e. The number of hydrogen-bond acceptors (Lipinski definition) is 7. The predicted molar refractivity (Wildman–Crippen MR) is 93.1 cm³/mol. The highest BCUT2D eigenvalue weighted by Gasteiger charge is 2.21. The Morgan fingerprint density at radius 3 is 2.81 bits per heavy atom. The summed E-state index contributed by atoms with van der Waals surface area (Å²) in [7, 11) is 0. The second-order valence-electron chi connectivity index (χ2n) is 6.25. The second-order valence-corrected chi connectivity index (χ2v) is 6.61. The maximum Gasteiger partial charge on any atom is 0.255 e. The van der Waals surface area contributed by atoms with Crippen LogP contribution >= 0.6 is 11.6 Å². The Morgan fingerprint density at radius 2 is 2.08 bits per heavy atom. The Bertz CT molecular complexity index is 737. The molecule has 3 rings (SSSR count). The molecule has 0 unspecified atom stereocenters. The topological polar surface area (TPSA) is 105 Å². The maximum absolute atomic E-state index is 13.9. The Kier molecular flexibility index (Phi) is 6.23. The van der Waals surface area contributed by atoms with E-state index in [1.807, 2.05) is 0 Å². The molecule has 0 amide bonds. The third kappa shape index (κ3) is 4.60. The van der Waals surface area contributed by atoms with Crippen molar-refractivity contribution in [1.82, 2.24) is 19.7 Å². The summed E-state index contributed by atoms with van der Waals surface area (Å²) in [5, 5.41) is 25.7. The van der Waals surface area contributed by atoms with Crippen molar-refractivity contribution in [3.63, 3.8) is 0 Å². The molecule has 2 aromatic rings. The van der Waals surface area contributed by atoms with Crippen LogP contribution in [-0.4, -0.2) is 49.3 Å². The van der Waals surface area contributed by atoms with E-state index in [0.717, 1.165) is 31.9 Å². The molecule has 0 atom stereocenters. The molecule has 0 aliphatic heterocycles. The lowest BCUT2D eigenvalue weighted by molar-refractivity contribution is 0.0899. The van der Waals surface area contributed by atoms with Gasteiger partial charge in [-0.3, -0.25) is 0 Å². The summed E-state index contributed by atoms with van der Waals surface area (Å²) in [5.41, 5.74) is 0.443. The lowest BCUT2D eigenvalue weighted by Crippen LogP contribution is -2.23. The number of nitrogens with zero attached hydrogens (tertiary/aromatic N) is 4. The maximum atomic E-state index is 13.9. The van der Waals surface area contributed by atoms with Gasteiger partial charge in [0.05, 0.1) is 43.9 Å². The van der Waals surface area contributed by atoms with Crippen molar-refractivity contribution >= 4 is 23.2 Å². The van der Waals surface area contributed by atoms with E-state index in [1.165, 1.54) is 10.9 Å². The van der Waals surface area contributed by atoms with E-state index in [9.17, 15) is 9.50 Å². The van der Waals surface area contributed by atoms with Crippen LogP contribution in [0.1, 0.15) is 25.7 Å². The first-order valence-corrected chi connectivity index (χ1v) is 8.87. The van der Waals surface area contributed by atoms with E-state index in [4.69, 9.17) is 21.4 Å². The van der Waals surface area contributed by atoms with Gasteiger partial charge < -0.3 is 20.3 Å². The molecule has 3 N–H and O–H groups in total.